The smallest absolute Gasteiger partial charge is 0.223 e. The number of anilines is 1. The predicted octanol–water partition coefficient (Wildman–Crippen LogP) is 4.19. The number of likely N-dealkylation sites (tertiary alicyclic amines) is 1. The van der Waals surface area contributed by atoms with Crippen LogP contribution in [0, 0.1) is 10.7 Å². The van der Waals surface area contributed by atoms with E-state index >= 15 is 0 Å². The molecule has 0 aromatic heterocycles. The van der Waals surface area contributed by atoms with Crippen molar-refractivity contribution >= 4 is 23.4 Å². The van der Waals surface area contributed by atoms with Gasteiger partial charge in [0.2, 0.25) is 5.91 Å². The van der Waals surface area contributed by atoms with Gasteiger partial charge in [-0.1, -0.05) is 12.1 Å². The first kappa shape index (κ1) is 16.8. The van der Waals surface area contributed by atoms with Crippen molar-refractivity contribution in [2.75, 3.05) is 11.9 Å². The van der Waals surface area contributed by atoms with Gasteiger partial charge in [0.05, 0.1) is 12.1 Å². The lowest BCUT2D eigenvalue weighted by Gasteiger charge is -2.38. The van der Waals surface area contributed by atoms with E-state index in [0.29, 0.717) is 6.42 Å². The van der Waals surface area contributed by atoms with Crippen LogP contribution in [-0.2, 0) is 4.79 Å². The Kier molecular flexibility index (Phi) is 4.48. The van der Waals surface area contributed by atoms with Crippen molar-refractivity contribution in [3.63, 3.8) is 0 Å². The number of nitrogens with zero attached hydrogens (tertiary/aromatic N) is 2. The van der Waals surface area contributed by atoms with Crippen LogP contribution >= 0.6 is 11.8 Å². The summed E-state index contributed by atoms with van der Waals surface area (Å²) in [6, 6.07) is 13.2. The fourth-order valence-corrected chi connectivity index (χ4v) is 4.34. The van der Waals surface area contributed by atoms with Crippen LogP contribution in [0.5, 0.6) is 5.75 Å². The minimum Gasteiger partial charge on any atom is -0.508 e. The molecule has 2 aromatic rings. The fraction of sp³-hybridized carbons (Fsp3) is 0.300. The van der Waals surface area contributed by atoms with E-state index < -0.39 is 0 Å². The van der Waals surface area contributed by atoms with Crippen LogP contribution in [0.3, 0.4) is 0 Å². The summed E-state index contributed by atoms with van der Waals surface area (Å²) in [5.74, 6) is 0.431. The van der Waals surface area contributed by atoms with Gasteiger partial charge in [-0.3, -0.25) is 4.79 Å². The number of aromatic hydroxyl groups is 1. The molecule has 1 saturated heterocycles. The molecular weight excluding hydrogens is 346 g/mol. The Bertz CT molecular complexity index is 893. The molecule has 0 aliphatic carbocycles. The van der Waals surface area contributed by atoms with Gasteiger partial charge in [-0.15, -0.1) is 0 Å². The van der Waals surface area contributed by atoms with E-state index in [0.717, 1.165) is 52.9 Å². The molecule has 2 aliphatic heterocycles. The number of carbonyl (C=O) groups excluding carboxylic acids is 1. The number of thiocyanates is 1. The van der Waals surface area contributed by atoms with Gasteiger partial charge in [-0.25, -0.2) is 0 Å². The normalized spacial score (nSPS) is 21.8. The van der Waals surface area contributed by atoms with E-state index in [1.807, 2.05) is 35.2 Å². The predicted molar refractivity (Wildman–Crippen MR) is 101 cm³/mol. The summed E-state index contributed by atoms with van der Waals surface area (Å²) in [5, 5.41) is 24.4. The lowest BCUT2D eigenvalue weighted by atomic mass is 9.88. The summed E-state index contributed by atoms with van der Waals surface area (Å²) < 4.78 is 0. The molecule has 6 heteroatoms. The van der Waals surface area contributed by atoms with Gasteiger partial charge in [0.1, 0.15) is 11.2 Å². The number of rotatable bonds is 3. The molecule has 2 heterocycles. The van der Waals surface area contributed by atoms with Gasteiger partial charge in [-0.2, -0.15) is 5.26 Å². The molecule has 2 aliphatic rings. The van der Waals surface area contributed by atoms with Crippen molar-refractivity contribution in [2.24, 2.45) is 0 Å². The second-order valence-electron chi connectivity index (χ2n) is 6.68. The number of phenolic OH excluding ortho intramolecular Hbond substituents is 1. The van der Waals surface area contributed by atoms with E-state index in [2.05, 4.69) is 10.7 Å². The molecule has 0 bridgehead atoms. The van der Waals surface area contributed by atoms with Crippen molar-refractivity contribution in [3.8, 4) is 11.2 Å². The Morgan fingerprint density at radius 2 is 2.15 bits per heavy atom. The van der Waals surface area contributed by atoms with Crippen LogP contribution in [-0.4, -0.2) is 22.5 Å². The van der Waals surface area contributed by atoms with E-state index in [9.17, 15) is 9.90 Å². The number of fused-ring (bicyclic) bond motifs is 1. The molecule has 0 saturated carbocycles. The molecule has 4 rings (SSSR count). The molecule has 0 spiro atoms. The maximum Gasteiger partial charge on any atom is 0.223 e. The van der Waals surface area contributed by atoms with E-state index in [1.54, 1.807) is 12.1 Å². The summed E-state index contributed by atoms with van der Waals surface area (Å²) in [6.45, 7) is 0.769. The lowest BCUT2D eigenvalue weighted by molar-refractivity contribution is -0.130. The third-order valence-electron chi connectivity index (χ3n) is 5.09. The summed E-state index contributed by atoms with van der Waals surface area (Å²) in [5.41, 5.74) is 3.05. The lowest BCUT2D eigenvalue weighted by Crippen LogP contribution is -2.35. The Morgan fingerprint density at radius 1 is 1.27 bits per heavy atom. The maximum atomic E-state index is 12.4. The molecule has 2 aromatic carbocycles. The minimum atomic E-state index is -0.0205. The number of phenols is 1. The van der Waals surface area contributed by atoms with Gasteiger partial charge in [0.25, 0.3) is 0 Å². The fourth-order valence-electron chi connectivity index (χ4n) is 3.92. The van der Waals surface area contributed by atoms with Crippen molar-refractivity contribution in [1.82, 2.24) is 4.90 Å². The number of benzene rings is 2. The second-order valence-corrected chi connectivity index (χ2v) is 7.53. The van der Waals surface area contributed by atoms with Crippen molar-refractivity contribution in [3.05, 3.63) is 53.6 Å². The number of thioether (sulfide) groups is 1. The van der Waals surface area contributed by atoms with Crippen LogP contribution in [0.4, 0.5) is 5.69 Å². The summed E-state index contributed by atoms with van der Waals surface area (Å²) in [4.78, 5) is 15.3. The quantitative estimate of drug-likeness (QED) is 0.630. The summed E-state index contributed by atoms with van der Waals surface area (Å²) >= 11 is 1.13. The highest BCUT2D eigenvalue weighted by Crippen LogP contribution is 2.44. The number of nitrogens with one attached hydrogen (secondary N) is 1. The topological polar surface area (TPSA) is 76.4 Å². The minimum absolute atomic E-state index is 0.0162. The first-order valence-corrected chi connectivity index (χ1v) is 9.52. The van der Waals surface area contributed by atoms with Crippen molar-refractivity contribution in [1.29, 1.82) is 5.26 Å². The molecule has 1 amide bonds. The number of carbonyl (C=O) groups is 1. The molecule has 2 atom stereocenters. The van der Waals surface area contributed by atoms with Gasteiger partial charge in [0.15, 0.2) is 0 Å². The first-order valence-electron chi connectivity index (χ1n) is 8.70. The molecule has 132 valence electrons. The zero-order chi connectivity index (χ0) is 18.1. The Hall–Kier alpha value is -2.65. The highest BCUT2D eigenvalue weighted by atomic mass is 32.2. The average molecular weight is 365 g/mol. The second kappa shape index (κ2) is 6.93. The maximum absolute atomic E-state index is 12.4. The standard InChI is InChI=1S/C20H19N3O2S/c21-12-26-15-6-7-17-16(10-15)19(23-8-2-5-20(23)25)11-18(22-17)13-3-1-4-14(24)9-13/h1,3-4,6-7,9-10,18-19,22,24H,2,5,8,11H2/t18-,19-/m0/s1. The largest absolute Gasteiger partial charge is 0.508 e. The van der Waals surface area contributed by atoms with Crippen LogP contribution in [0.25, 0.3) is 0 Å². The number of nitriles is 1. The van der Waals surface area contributed by atoms with Crippen LogP contribution in [0.1, 0.15) is 42.5 Å². The monoisotopic (exact) mass is 365 g/mol. The molecule has 2 N–H and O–H groups in total. The van der Waals surface area contributed by atoms with Crippen LogP contribution in [0.2, 0.25) is 0 Å². The number of amides is 1. The summed E-state index contributed by atoms with van der Waals surface area (Å²) in [6.07, 6.45) is 2.23. The molecular formula is C20H19N3O2S. The summed E-state index contributed by atoms with van der Waals surface area (Å²) in [7, 11) is 0. The van der Waals surface area contributed by atoms with E-state index in [4.69, 9.17) is 5.26 Å². The van der Waals surface area contributed by atoms with Gasteiger partial charge in [0, 0.05) is 23.5 Å². The first-order chi connectivity index (χ1) is 12.7. The van der Waals surface area contributed by atoms with Crippen molar-refractivity contribution in [2.45, 2.75) is 36.2 Å². The molecule has 26 heavy (non-hydrogen) atoms. The zero-order valence-electron chi connectivity index (χ0n) is 14.2. The van der Waals surface area contributed by atoms with Crippen LogP contribution < -0.4 is 5.32 Å². The van der Waals surface area contributed by atoms with Gasteiger partial charge < -0.3 is 15.3 Å². The molecule has 5 nitrogen and oxygen atoms in total. The molecule has 1 fully saturated rings. The molecule has 0 radical (unpaired) electrons. The third-order valence-corrected chi connectivity index (χ3v) is 5.67. The highest BCUT2D eigenvalue weighted by molar-refractivity contribution is 8.03. The van der Waals surface area contributed by atoms with Crippen LogP contribution in [0.15, 0.2) is 47.4 Å². The number of hydrogen-bond acceptors (Lipinski definition) is 5. The Morgan fingerprint density at radius 3 is 2.88 bits per heavy atom. The Balaban J connectivity index is 1.74. The van der Waals surface area contributed by atoms with Crippen molar-refractivity contribution < 1.29 is 9.90 Å². The molecule has 0 unspecified atom stereocenters. The van der Waals surface area contributed by atoms with Gasteiger partial charge >= 0.3 is 0 Å². The number of hydrogen-bond donors (Lipinski definition) is 2. The zero-order valence-corrected chi connectivity index (χ0v) is 15.0. The van der Waals surface area contributed by atoms with E-state index in [1.165, 1.54) is 0 Å². The average Bonchev–Trinajstić information content (AvgIpc) is 3.07. The highest BCUT2D eigenvalue weighted by Gasteiger charge is 2.36. The van der Waals surface area contributed by atoms with Gasteiger partial charge in [-0.05, 0) is 66.1 Å². The Labute approximate surface area is 156 Å². The third kappa shape index (κ3) is 3.11. The van der Waals surface area contributed by atoms with E-state index in [-0.39, 0.29) is 23.7 Å². The SMILES string of the molecule is N#CSc1ccc2c(c1)[C@@H](N1CCCC1=O)C[C@@H](c1cccc(O)c1)N2.